The van der Waals surface area contributed by atoms with E-state index in [1.807, 2.05) is 12.1 Å². The third-order valence-electron chi connectivity index (χ3n) is 2.97. The van der Waals surface area contributed by atoms with Crippen LogP contribution < -0.4 is 10.2 Å². The minimum atomic E-state index is -1.09. The molecule has 2 N–H and O–H groups in total. The van der Waals surface area contributed by atoms with Crippen LogP contribution in [0, 0.1) is 0 Å². The number of Topliss-reactive ketones (excluding diaryl/α,β-unsaturated/α-hetero) is 1. The summed E-state index contributed by atoms with van der Waals surface area (Å²) in [6.45, 7) is 3.41. The minimum Gasteiger partial charge on any atom is -0.481 e. The molecule has 5 heteroatoms. The number of para-hydroxylation sites is 1. The monoisotopic (exact) mass is 248 g/mol. The lowest BCUT2D eigenvalue weighted by Gasteiger charge is -2.30. The molecule has 1 aromatic carbocycles. The first-order chi connectivity index (χ1) is 8.68. The van der Waals surface area contributed by atoms with Crippen molar-refractivity contribution in [2.45, 2.75) is 6.42 Å². The molecule has 0 radical (unpaired) electrons. The normalized spacial score (nSPS) is 15.4. The standard InChI is InChI=1S/C13H16N2O3/c16-12(9-13(17)18)10-3-1-2-4-11(10)15-7-5-14-6-8-15/h1-4,14H,5-9H2,(H,17,18). The van der Waals surface area contributed by atoms with E-state index < -0.39 is 12.4 Å². The summed E-state index contributed by atoms with van der Waals surface area (Å²) in [4.78, 5) is 24.6. The third kappa shape index (κ3) is 2.87. The van der Waals surface area contributed by atoms with E-state index in [4.69, 9.17) is 5.11 Å². The Morgan fingerprint density at radius 1 is 1.22 bits per heavy atom. The zero-order valence-corrected chi connectivity index (χ0v) is 10.1. The fourth-order valence-corrected chi connectivity index (χ4v) is 2.12. The topological polar surface area (TPSA) is 69.6 Å². The van der Waals surface area contributed by atoms with Gasteiger partial charge in [-0.3, -0.25) is 9.59 Å². The first-order valence-electron chi connectivity index (χ1n) is 5.98. The van der Waals surface area contributed by atoms with Gasteiger partial charge in [0.25, 0.3) is 0 Å². The van der Waals surface area contributed by atoms with Crippen molar-refractivity contribution >= 4 is 17.4 Å². The van der Waals surface area contributed by atoms with Gasteiger partial charge in [-0.1, -0.05) is 12.1 Å². The smallest absolute Gasteiger partial charge is 0.311 e. The van der Waals surface area contributed by atoms with E-state index in [2.05, 4.69) is 10.2 Å². The maximum Gasteiger partial charge on any atom is 0.311 e. The van der Waals surface area contributed by atoms with Crippen molar-refractivity contribution in [2.75, 3.05) is 31.1 Å². The Labute approximate surface area is 105 Å². The van der Waals surface area contributed by atoms with Crippen molar-refractivity contribution in [1.29, 1.82) is 0 Å². The van der Waals surface area contributed by atoms with Crippen LogP contribution in [-0.2, 0) is 4.79 Å². The molecule has 1 aromatic rings. The van der Waals surface area contributed by atoms with Crippen LogP contribution in [0.5, 0.6) is 0 Å². The van der Waals surface area contributed by atoms with Gasteiger partial charge in [0.2, 0.25) is 0 Å². The van der Waals surface area contributed by atoms with Crippen molar-refractivity contribution in [1.82, 2.24) is 5.32 Å². The van der Waals surface area contributed by atoms with Gasteiger partial charge in [-0.25, -0.2) is 0 Å². The van der Waals surface area contributed by atoms with Crippen LogP contribution >= 0.6 is 0 Å². The van der Waals surface area contributed by atoms with Crippen molar-refractivity contribution in [3.05, 3.63) is 29.8 Å². The first kappa shape index (κ1) is 12.6. The molecule has 2 rings (SSSR count). The first-order valence-corrected chi connectivity index (χ1v) is 5.98. The highest BCUT2D eigenvalue weighted by molar-refractivity contribution is 6.08. The number of hydrogen-bond acceptors (Lipinski definition) is 4. The second kappa shape index (κ2) is 5.64. The Morgan fingerprint density at radius 2 is 1.89 bits per heavy atom. The van der Waals surface area contributed by atoms with Crippen LogP contribution in [0.4, 0.5) is 5.69 Å². The molecule has 0 bridgehead atoms. The molecule has 1 aliphatic heterocycles. The highest BCUT2D eigenvalue weighted by atomic mass is 16.4. The zero-order valence-electron chi connectivity index (χ0n) is 10.1. The summed E-state index contributed by atoms with van der Waals surface area (Å²) in [6.07, 6.45) is -0.455. The summed E-state index contributed by atoms with van der Waals surface area (Å²) >= 11 is 0. The molecule has 0 atom stereocenters. The highest BCUT2D eigenvalue weighted by Crippen LogP contribution is 2.22. The quantitative estimate of drug-likeness (QED) is 0.608. The zero-order chi connectivity index (χ0) is 13.0. The van der Waals surface area contributed by atoms with Gasteiger partial charge in [0.1, 0.15) is 6.42 Å². The van der Waals surface area contributed by atoms with Gasteiger partial charge in [-0.05, 0) is 12.1 Å². The Kier molecular flexibility index (Phi) is 3.94. The molecule has 18 heavy (non-hydrogen) atoms. The number of benzene rings is 1. The maximum atomic E-state index is 11.9. The van der Waals surface area contributed by atoms with Gasteiger partial charge in [0, 0.05) is 37.4 Å². The van der Waals surface area contributed by atoms with Crippen LogP contribution in [-0.4, -0.2) is 43.0 Å². The largest absolute Gasteiger partial charge is 0.481 e. The third-order valence-corrected chi connectivity index (χ3v) is 2.97. The van der Waals surface area contributed by atoms with Crippen molar-refractivity contribution in [3.8, 4) is 0 Å². The molecule has 0 aromatic heterocycles. The molecule has 0 spiro atoms. The number of nitrogens with one attached hydrogen (secondary N) is 1. The summed E-state index contributed by atoms with van der Waals surface area (Å²) in [5.41, 5.74) is 1.34. The van der Waals surface area contributed by atoms with E-state index >= 15 is 0 Å². The highest BCUT2D eigenvalue weighted by Gasteiger charge is 2.19. The van der Waals surface area contributed by atoms with E-state index in [0.717, 1.165) is 31.9 Å². The predicted octanol–water partition coefficient (Wildman–Crippen LogP) is 0.754. The fraction of sp³-hybridized carbons (Fsp3) is 0.385. The number of hydrogen-bond donors (Lipinski definition) is 2. The fourth-order valence-electron chi connectivity index (χ4n) is 2.12. The number of carbonyl (C=O) groups excluding carboxylic acids is 1. The second-order valence-electron chi connectivity index (χ2n) is 4.25. The van der Waals surface area contributed by atoms with Crippen LogP contribution in [0.15, 0.2) is 24.3 Å². The van der Waals surface area contributed by atoms with Crippen LogP contribution in [0.1, 0.15) is 16.8 Å². The predicted molar refractivity (Wildman–Crippen MR) is 68.1 cm³/mol. The molecule has 1 aliphatic rings. The summed E-state index contributed by atoms with van der Waals surface area (Å²) in [5, 5.41) is 11.9. The van der Waals surface area contributed by atoms with E-state index in [-0.39, 0.29) is 5.78 Å². The van der Waals surface area contributed by atoms with E-state index in [1.54, 1.807) is 12.1 Å². The van der Waals surface area contributed by atoms with Gasteiger partial charge >= 0.3 is 5.97 Å². The Balaban J connectivity index is 2.24. The maximum absolute atomic E-state index is 11.9. The Hall–Kier alpha value is -1.88. The van der Waals surface area contributed by atoms with Gasteiger partial charge in [0.15, 0.2) is 5.78 Å². The van der Waals surface area contributed by atoms with Crippen molar-refractivity contribution in [2.24, 2.45) is 0 Å². The average Bonchev–Trinajstić information content (AvgIpc) is 2.39. The summed E-state index contributed by atoms with van der Waals surface area (Å²) in [6, 6.07) is 7.21. The SMILES string of the molecule is O=C(O)CC(=O)c1ccccc1N1CCNCC1. The minimum absolute atomic E-state index is 0.336. The molecule has 0 amide bonds. The lowest BCUT2D eigenvalue weighted by molar-refractivity contribution is -0.135. The van der Waals surface area contributed by atoms with Crippen LogP contribution in [0.2, 0.25) is 0 Å². The molecular weight excluding hydrogens is 232 g/mol. The summed E-state index contributed by atoms with van der Waals surface area (Å²) < 4.78 is 0. The second-order valence-corrected chi connectivity index (χ2v) is 4.25. The molecule has 1 fully saturated rings. The number of ketones is 1. The molecule has 0 saturated carbocycles. The summed E-state index contributed by atoms with van der Waals surface area (Å²) in [7, 11) is 0. The van der Waals surface area contributed by atoms with Gasteiger partial charge in [-0.15, -0.1) is 0 Å². The van der Waals surface area contributed by atoms with Gasteiger partial charge < -0.3 is 15.3 Å². The molecule has 1 saturated heterocycles. The number of carboxylic acids is 1. The number of carbonyl (C=O) groups is 2. The van der Waals surface area contributed by atoms with E-state index in [1.165, 1.54) is 0 Å². The molecule has 0 unspecified atom stereocenters. The molecule has 5 nitrogen and oxygen atoms in total. The van der Waals surface area contributed by atoms with Crippen LogP contribution in [0.3, 0.4) is 0 Å². The molecule has 1 heterocycles. The van der Waals surface area contributed by atoms with Crippen LogP contribution in [0.25, 0.3) is 0 Å². The molecule has 0 aliphatic carbocycles. The number of aliphatic carboxylic acids is 1. The summed E-state index contributed by atoms with van der Waals surface area (Å²) in [5.74, 6) is -1.42. The van der Waals surface area contributed by atoms with Crippen molar-refractivity contribution < 1.29 is 14.7 Å². The molecule has 96 valence electrons. The van der Waals surface area contributed by atoms with Gasteiger partial charge in [-0.2, -0.15) is 0 Å². The van der Waals surface area contributed by atoms with E-state index in [9.17, 15) is 9.59 Å². The number of carboxylic acid groups (broad SMARTS) is 1. The van der Waals surface area contributed by atoms with Crippen molar-refractivity contribution in [3.63, 3.8) is 0 Å². The number of nitrogens with zero attached hydrogens (tertiary/aromatic N) is 1. The lowest BCUT2D eigenvalue weighted by Crippen LogP contribution is -2.44. The Morgan fingerprint density at radius 3 is 2.56 bits per heavy atom. The van der Waals surface area contributed by atoms with E-state index in [0.29, 0.717) is 5.56 Å². The number of rotatable bonds is 4. The lowest BCUT2D eigenvalue weighted by atomic mass is 10.0. The molecular formula is C13H16N2O3. The number of anilines is 1. The number of piperazine rings is 1. The average molecular weight is 248 g/mol. The Bertz CT molecular complexity index is 453. The van der Waals surface area contributed by atoms with Gasteiger partial charge in [0.05, 0.1) is 0 Å².